The Labute approximate surface area is 118 Å². The quantitative estimate of drug-likeness (QED) is 0.816. The van der Waals surface area contributed by atoms with Gasteiger partial charge in [-0.3, -0.25) is 0 Å². The van der Waals surface area contributed by atoms with Crippen LogP contribution in [-0.2, 0) is 0 Å². The van der Waals surface area contributed by atoms with Crippen LogP contribution in [0.5, 0.6) is 0 Å². The van der Waals surface area contributed by atoms with Crippen molar-refractivity contribution in [1.82, 2.24) is 9.88 Å². The summed E-state index contributed by atoms with van der Waals surface area (Å²) in [5.74, 6) is 0. The topological polar surface area (TPSA) is 28.2 Å². The smallest absolute Gasteiger partial charge is 0.183 e. The summed E-state index contributed by atoms with van der Waals surface area (Å²) in [6.45, 7) is 14.3. The van der Waals surface area contributed by atoms with Gasteiger partial charge >= 0.3 is 0 Å². The van der Waals surface area contributed by atoms with E-state index in [0.29, 0.717) is 0 Å². The number of anilines is 1. The first-order chi connectivity index (χ1) is 8.59. The molecule has 0 aliphatic rings. The first-order valence-electron chi connectivity index (χ1n) is 6.92. The van der Waals surface area contributed by atoms with Crippen LogP contribution >= 0.6 is 11.3 Å². The highest BCUT2D eigenvalue weighted by atomic mass is 32.1. The Kier molecular flexibility index (Phi) is 14.1. The fourth-order valence-electron chi connectivity index (χ4n) is 1.14. The van der Waals surface area contributed by atoms with Crippen molar-refractivity contribution in [2.75, 3.05) is 32.5 Å². The van der Waals surface area contributed by atoms with Crippen LogP contribution in [0, 0.1) is 13.8 Å². The Morgan fingerprint density at radius 3 is 2.06 bits per heavy atom. The molecule has 0 atom stereocenters. The van der Waals surface area contributed by atoms with Crippen LogP contribution in [0.1, 0.15) is 44.7 Å². The fraction of sp³-hybridized carbons (Fsp3) is 0.786. The minimum atomic E-state index is 1.00. The predicted molar refractivity (Wildman–Crippen MR) is 85.9 cm³/mol. The average Bonchev–Trinajstić information content (AvgIpc) is 2.69. The zero-order chi connectivity index (χ0) is 14.6. The molecule has 1 aromatic rings. The molecule has 108 valence electrons. The molecule has 0 aromatic carbocycles. The highest BCUT2D eigenvalue weighted by Gasteiger charge is 2.01. The van der Waals surface area contributed by atoms with Crippen LogP contribution in [0.25, 0.3) is 0 Å². The summed E-state index contributed by atoms with van der Waals surface area (Å²) < 4.78 is 0. The molecule has 0 fully saturated rings. The number of hydrogen-bond acceptors (Lipinski definition) is 4. The Hall–Kier alpha value is -0.610. The summed E-state index contributed by atoms with van der Waals surface area (Å²) in [5.41, 5.74) is 1.14. The maximum absolute atomic E-state index is 4.42. The molecule has 1 aromatic heterocycles. The minimum Gasteiger partial charge on any atom is -0.361 e. The van der Waals surface area contributed by atoms with Crippen LogP contribution in [0.2, 0.25) is 0 Å². The van der Waals surface area contributed by atoms with E-state index in [9.17, 15) is 0 Å². The maximum Gasteiger partial charge on any atom is 0.183 e. The third-order valence-corrected chi connectivity index (χ3v) is 3.12. The molecular formula is C14H31N3S. The third-order valence-electron chi connectivity index (χ3n) is 2.09. The molecule has 0 aliphatic heterocycles. The summed E-state index contributed by atoms with van der Waals surface area (Å²) in [7, 11) is 4.19. The first-order valence-corrected chi connectivity index (χ1v) is 7.74. The Bertz CT molecular complexity index is 263. The van der Waals surface area contributed by atoms with Crippen molar-refractivity contribution in [3.63, 3.8) is 0 Å². The van der Waals surface area contributed by atoms with E-state index in [1.807, 2.05) is 27.7 Å². The van der Waals surface area contributed by atoms with Crippen molar-refractivity contribution in [1.29, 1.82) is 0 Å². The summed E-state index contributed by atoms with van der Waals surface area (Å²) in [6, 6.07) is 0. The van der Waals surface area contributed by atoms with E-state index in [4.69, 9.17) is 0 Å². The van der Waals surface area contributed by atoms with E-state index in [-0.39, 0.29) is 0 Å². The lowest BCUT2D eigenvalue weighted by Crippen LogP contribution is -2.16. The highest BCUT2D eigenvalue weighted by molar-refractivity contribution is 7.15. The Balaban J connectivity index is 0. The van der Waals surface area contributed by atoms with Gasteiger partial charge in [0.2, 0.25) is 0 Å². The number of hydrogen-bond donors (Lipinski definition) is 1. The Morgan fingerprint density at radius 1 is 1.11 bits per heavy atom. The van der Waals surface area contributed by atoms with E-state index >= 15 is 0 Å². The van der Waals surface area contributed by atoms with E-state index in [2.05, 4.69) is 43.1 Å². The number of rotatable bonds is 5. The fourth-order valence-corrected chi connectivity index (χ4v) is 1.98. The third kappa shape index (κ3) is 9.42. The molecule has 1 heterocycles. The zero-order valence-corrected chi connectivity index (χ0v) is 14.2. The van der Waals surface area contributed by atoms with Crippen molar-refractivity contribution in [3.8, 4) is 0 Å². The van der Waals surface area contributed by atoms with Crippen LogP contribution < -0.4 is 5.32 Å². The van der Waals surface area contributed by atoms with Crippen molar-refractivity contribution in [2.24, 2.45) is 0 Å². The molecule has 0 saturated heterocycles. The molecule has 1 rings (SSSR count). The van der Waals surface area contributed by atoms with Gasteiger partial charge in [0.1, 0.15) is 0 Å². The van der Waals surface area contributed by atoms with Crippen molar-refractivity contribution < 1.29 is 0 Å². The second-order valence-electron chi connectivity index (χ2n) is 3.74. The standard InChI is InChI=1S/C10H19N3S.2C2H6/c1-8-9(2)14-10(12-8)11-6-5-7-13(3)4;2*1-2/h5-7H2,1-4H3,(H,11,12);2*1-2H3. The first kappa shape index (κ1) is 19.7. The molecule has 1 N–H and O–H groups in total. The molecule has 0 saturated carbocycles. The van der Waals surface area contributed by atoms with Gasteiger partial charge in [-0.1, -0.05) is 27.7 Å². The van der Waals surface area contributed by atoms with Crippen molar-refractivity contribution in [3.05, 3.63) is 10.6 Å². The summed E-state index contributed by atoms with van der Waals surface area (Å²) >= 11 is 1.74. The molecule has 18 heavy (non-hydrogen) atoms. The minimum absolute atomic E-state index is 1.00. The molecule has 3 nitrogen and oxygen atoms in total. The second-order valence-corrected chi connectivity index (χ2v) is 4.95. The lowest BCUT2D eigenvalue weighted by molar-refractivity contribution is 0.405. The second kappa shape index (κ2) is 12.8. The van der Waals surface area contributed by atoms with Gasteiger partial charge in [0.25, 0.3) is 0 Å². The molecule has 0 spiro atoms. The number of nitrogens with one attached hydrogen (secondary N) is 1. The molecule has 0 unspecified atom stereocenters. The van der Waals surface area contributed by atoms with Crippen LogP contribution in [-0.4, -0.2) is 37.1 Å². The van der Waals surface area contributed by atoms with Crippen molar-refractivity contribution >= 4 is 16.5 Å². The van der Waals surface area contributed by atoms with Crippen LogP contribution in [0.15, 0.2) is 0 Å². The average molecular weight is 273 g/mol. The summed E-state index contributed by atoms with van der Waals surface area (Å²) in [4.78, 5) is 7.92. The van der Waals surface area contributed by atoms with Gasteiger partial charge in [-0.05, 0) is 40.9 Å². The van der Waals surface area contributed by atoms with Gasteiger partial charge < -0.3 is 10.2 Å². The number of aryl methyl sites for hydroxylation is 2. The lowest BCUT2D eigenvalue weighted by atomic mass is 10.4. The van der Waals surface area contributed by atoms with Crippen LogP contribution in [0.4, 0.5) is 5.13 Å². The Morgan fingerprint density at radius 2 is 1.67 bits per heavy atom. The number of nitrogens with zero attached hydrogens (tertiary/aromatic N) is 2. The van der Waals surface area contributed by atoms with E-state index < -0.39 is 0 Å². The van der Waals surface area contributed by atoms with Gasteiger partial charge in [0, 0.05) is 11.4 Å². The van der Waals surface area contributed by atoms with Crippen LogP contribution in [0.3, 0.4) is 0 Å². The normalized spacial score (nSPS) is 9.17. The van der Waals surface area contributed by atoms with Gasteiger partial charge in [0.05, 0.1) is 5.69 Å². The van der Waals surface area contributed by atoms with Gasteiger partial charge in [-0.2, -0.15) is 0 Å². The summed E-state index contributed by atoms with van der Waals surface area (Å²) in [6.07, 6.45) is 1.16. The predicted octanol–water partition coefficient (Wildman–Crippen LogP) is 4.18. The van der Waals surface area contributed by atoms with Gasteiger partial charge in [0.15, 0.2) is 5.13 Å². The van der Waals surface area contributed by atoms with E-state index in [0.717, 1.165) is 30.3 Å². The van der Waals surface area contributed by atoms with E-state index in [1.165, 1.54) is 4.88 Å². The highest BCUT2D eigenvalue weighted by Crippen LogP contribution is 2.20. The SMILES string of the molecule is CC.CC.Cc1nc(NCCCN(C)C)sc1C. The molecular weight excluding hydrogens is 242 g/mol. The summed E-state index contributed by atoms with van der Waals surface area (Å²) in [5, 5.41) is 4.40. The lowest BCUT2D eigenvalue weighted by Gasteiger charge is -2.08. The maximum atomic E-state index is 4.42. The molecule has 4 heteroatoms. The molecule has 0 bridgehead atoms. The van der Waals surface area contributed by atoms with Gasteiger partial charge in [-0.15, -0.1) is 11.3 Å². The molecule has 0 amide bonds. The largest absolute Gasteiger partial charge is 0.361 e. The van der Waals surface area contributed by atoms with Gasteiger partial charge in [-0.25, -0.2) is 4.98 Å². The number of aromatic nitrogens is 1. The molecule has 0 radical (unpaired) electrons. The van der Waals surface area contributed by atoms with Crippen molar-refractivity contribution in [2.45, 2.75) is 48.0 Å². The van der Waals surface area contributed by atoms with E-state index in [1.54, 1.807) is 11.3 Å². The monoisotopic (exact) mass is 273 g/mol. The molecule has 0 aliphatic carbocycles. The zero-order valence-electron chi connectivity index (χ0n) is 13.4. The number of thiazole rings is 1.